The van der Waals surface area contributed by atoms with Gasteiger partial charge in [0.25, 0.3) is 0 Å². The number of nitrogens with zero attached hydrogens (tertiary/aromatic N) is 2. The molecule has 0 spiro atoms. The Kier molecular flexibility index (Phi) is 3.72. The summed E-state index contributed by atoms with van der Waals surface area (Å²) >= 11 is 1.62. The van der Waals surface area contributed by atoms with E-state index in [4.69, 9.17) is 10.6 Å². The van der Waals surface area contributed by atoms with Crippen LogP contribution in [0.4, 0.5) is 5.82 Å². The lowest BCUT2D eigenvalue weighted by atomic mass is 10.2. The summed E-state index contributed by atoms with van der Waals surface area (Å²) in [5.41, 5.74) is 3.52. The number of nitrogens with two attached hydrogens (primary N) is 1. The summed E-state index contributed by atoms with van der Waals surface area (Å²) in [5.74, 6) is 7.62. The number of hydrazine groups is 1. The van der Waals surface area contributed by atoms with Crippen LogP contribution in [0.2, 0.25) is 0 Å². The van der Waals surface area contributed by atoms with Crippen molar-refractivity contribution >= 4 is 27.4 Å². The minimum absolute atomic E-state index is 0.597. The number of nitrogens with one attached hydrogen (secondary N) is 1. The van der Waals surface area contributed by atoms with Crippen molar-refractivity contribution in [1.29, 1.82) is 0 Å². The quantitative estimate of drug-likeness (QED) is 0.571. The maximum atomic E-state index is 5.65. The number of hydrogen-bond acceptors (Lipinski definition) is 6. The van der Waals surface area contributed by atoms with Crippen LogP contribution in [0.25, 0.3) is 21.6 Å². The minimum Gasteiger partial charge on any atom is -0.493 e. The van der Waals surface area contributed by atoms with Gasteiger partial charge in [0.2, 0.25) is 0 Å². The van der Waals surface area contributed by atoms with Gasteiger partial charge in [-0.2, -0.15) is 0 Å². The van der Waals surface area contributed by atoms with Crippen molar-refractivity contribution in [1.82, 2.24) is 9.97 Å². The van der Waals surface area contributed by atoms with Gasteiger partial charge in [-0.1, -0.05) is 12.1 Å². The molecule has 108 valence electrons. The molecule has 5 nitrogen and oxygen atoms in total. The third-order valence-electron chi connectivity index (χ3n) is 3.08. The molecule has 2 heterocycles. The predicted octanol–water partition coefficient (Wildman–Crippen LogP) is 3.35. The number of hydrogen-bond donors (Lipinski definition) is 2. The molecule has 0 saturated heterocycles. The van der Waals surface area contributed by atoms with Crippen molar-refractivity contribution in [3.8, 4) is 17.1 Å². The van der Waals surface area contributed by atoms with Crippen LogP contribution in [0.3, 0.4) is 0 Å². The van der Waals surface area contributed by atoms with Gasteiger partial charge in [-0.05, 0) is 32.0 Å². The van der Waals surface area contributed by atoms with Crippen molar-refractivity contribution in [3.05, 3.63) is 35.2 Å². The van der Waals surface area contributed by atoms with Crippen molar-refractivity contribution < 1.29 is 4.74 Å². The Morgan fingerprint density at radius 1 is 1.29 bits per heavy atom. The molecule has 0 radical (unpaired) electrons. The van der Waals surface area contributed by atoms with Crippen LogP contribution in [0, 0.1) is 6.92 Å². The van der Waals surface area contributed by atoms with Gasteiger partial charge in [-0.15, -0.1) is 11.3 Å². The summed E-state index contributed by atoms with van der Waals surface area (Å²) in [6.07, 6.45) is 0. The smallest absolute Gasteiger partial charge is 0.166 e. The highest BCUT2D eigenvalue weighted by Crippen LogP contribution is 2.33. The van der Waals surface area contributed by atoms with E-state index in [1.165, 1.54) is 4.88 Å². The second-order valence-electron chi connectivity index (χ2n) is 4.55. The van der Waals surface area contributed by atoms with Crippen LogP contribution < -0.4 is 16.0 Å². The number of para-hydroxylation sites is 1. The van der Waals surface area contributed by atoms with E-state index >= 15 is 0 Å². The van der Waals surface area contributed by atoms with Gasteiger partial charge in [0, 0.05) is 4.88 Å². The first-order chi connectivity index (χ1) is 10.2. The Morgan fingerprint density at radius 3 is 2.86 bits per heavy atom. The molecule has 0 aliphatic heterocycles. The number of rotatable bonds is 4. The summed E-state index contributed by atoms with van der Waals surface area (Å²) < 4.78 is 5.65. The Bertz CT molecular complexity index is 784. The molecule has 0 aliphatic carbocycles. The molecule has 0 unspecified atom stereocenters. The van der Waals surface area contributed by atoms with Gasteiger partial charge in [0.05, 0.1) is 17.6 Å². The van der Waals surface area contributed by atoms with Crippen LogP contribution in [0.1, 0.15) is 11.8 Å². The number of anilines is 1. The zero-order chi connectivity index (χ0) is 14.8. The van der Waals surface area contributed by atoms with Crippen molar-refractivity contribution in [2.24, 2.45) is 5.84 Å². The Morgan fingerprint density at radius 2 is 2.10 bits per heavy atom. The fourth-order valence-electron chi connectivity index (χ4n) is 2.21. The van der Waals surface area contributed by atoms with Gasteiger partial charge < -0.3 is 10.2 Å². The first-order valence-electron chi connectivity index (χ1n) is 6.70. The Hall–Kier alpha value is -2.18. The largest absolute Gasteiger partial charge is 0.493 e. The molecule has 3 N–H and O–H groups in total. The predicted molar refractivity (Wildman–Crippen MR) is 86.6 cm³/mol. The van der Waals surface area contributed by atoms with E-state index in [-0.39, 0.29) is 0 Å². The summed E-state index contributed by atoms with van der Waals surface area (Å²) in [6, 6.07) is 9.78. The van der Waals surface area contributed by atoms with Crippen LogP contribution in [-0.2, 0) is 0 Å². The molecule has 1 aromatic carbocycles. The first kappa shape index (κ1) is 13.8. The SMILES string of the molecule is CCOc1ccccc1-c1nc(NN)c2cc(C)sc2n1. The molecule has 21 heavy (non-hydrogen) atoms. The fraction of sp³-hybridized carbons (Fsp3) is 0.200. The maximum Gasteiger partial charge on any atom is 0.166 e. The molecule has 3 rings (SSSR count). The highest BCUT2D eigenvalue weighted by atomic mass is 32.1. The molecule has 6 heteroatoms. The third-order valence-corrected chi connectivity index (χ3v) is 4.02. The highest BCUT2D eigenvalue weighted by molar-refractivity contribution is 7.18. The molecular weight excluding hydrogens is 284 g/mol. The summed E-state index contributed by atoms with van der Waals surface area (Å²) in [4.78, 5) is 11.3. The van der Waals surface area contributed by atoms with E-state index in [1.807, 2.05) is 44.2 Å². The van der Waals surface area contributed by atoms with Gasteiger partial charge in [-0.3, -0.25) is 0 Å². The van der Waals surface area contributed by atoms with Crippen molar-refractivity contribution in [2.45, 2.75) is 13.8 Å². The number of fused-ring (bicyclic) bond motifs is 1. The first-order valence-corrected chi connectivity index (χ1v) is 7.51. The maximum absolute atomic E-state index is 5.65. The zero-order valence-corrected chi connectivity index (χ0v) is 12.7. The Labute approximate surface area is 126 Å². The van der Waals surface area contributed by atoms with Crippen molar-refractivity contribution in [3.63, 3.8) is 0 Å². The molecule has 0 fully saturated rings. The van der Waals surface area contributed by atoms with E-state index in [9.17, 15) is 0 Å². The van der Waals surface area contributed by atoms with Gasteiger partial charge >= 0.3 is 0 Å². The lowest BCUT2D eigenvalue weighted by molar-refractivity contribution is 0.341. The van der Waals surface area contributed by atoms with Crippen molar-refractivity contribution in [2.75, 3.05) is 12.0 Å². The third kappa shape index (κ3) is 2.55. The minimum atomic E-state index is 0.597. The average molecular weight is 300 g/mol. The summed E-state index contributed by atoms with van der Waals surface area (Å²) in [6.45, 7) is 4.59. The fourth-order valence-corrected chi connectivity index (χ4v) is 3.08. The van der Waals surface area contributed by atoms with Crippen LogP contribution >= 0.6 is 11.3 Å². The normalized spacial score (nSPS) is 10.8. The Balaban J connectivity index is 2.21. The van der Waals surface area contributed by atoms with E-state index in [0.29, 0.717) is 18.2 Å². The van der Waals surface area contributed by atoms with E-state index in [0.717, 1.165) is 21.5 Å². The molecule has 0 bridgehead atoms. The van der Waals surface area contributed by atoms with Crippen LogP contribution in [0.5, 0.6) is 5.75 Å². The number of benzene rings is 1. The highest BCUT2D eigenvalue weighted by Gasteiger charge is 2.14. The number of aromatic nitrogens is 2. The van der Waals surface area contributed by atoms with Crippen LogP contribution in [-0.4, -0.2) is 16.6 Å². The second kappa shape index (κ2) is 5.67. The number of ether oxygens (including phenoxy) is 1. The zero-order valence-electron chi connectivity index (χ0n) is 11.9. The summed E-state index contributed by atoms with van der Waals surface area (Å²) in [5, 5.41) is 0.942. The van der Waals surface area contributed by atoms with E-state index in [2.05, 4.69) is 15.4 Å². The average Bonchev–Trinajstić information content (AvgIpc) is 2.87. The number of aryl methyl sites for hydroxylation is 1. The van der Waals surface area contributed by atoms with Gasteiger partial charge in [-0.25, -0.2) is 15.8 Å². The topological polar surface area (TPSA) is 73.1 Å². The molecule has 0 aliphatic rings. The molecule has 0 saturated carbocycles. The van der Waals surface area contributed by atoms with E-state index < -0.39 is 0 Å². The molecule has 0 amide bonds. The van der Waals surface area contributed by atoms with Gasteiger partial charge in [0.15, 0.2) is 11.6 Å². The van der Waals surface area contributed by atoms with E-state index in [1.54, 1.807) is 11.3 Å². The molecular formula is C15H16N4OS. The molecule has 3 aromatic rings. The molecule has 2 aromatic heterocycles. The summed E-state index contributed by atoms with van der Waals surface area (Å²) in [7, 11) is 0. The lowest BCUT2D eigenvalue weighted by Gasteiger charge is -2.10. The molecule has 0 atom stereocenters. The van der Waals surface area contributed by atoms with Crippen LogP contribution in [0.15, 0.2) is 30.3 Å². The lowest BCUT2D eigenvalue weighted by Crippen LogP contribution is -2.10. The number of thiophene rings is 1. The number of nitrogen functional groups attached to an aromatic ring is 1. The second-order valence-corrected chi connectivity index (χ2v) is 5.78. The standard InChI is InChI=1S/C15H16N4OS/c1-3-20-12-7-5-4-6-10(12)13-17-14(19-16)11-8-9(2)21-15(11)18-13/h4-8H,3,16H2,1-2H3,(H,17,18,19). The van der Waals surface area contributed by atoms with Gasteiger partial charge in [0.1, 0.15) is 10.6 Å². The monoisotopic (exact) mass is 300 g/mol.